The number of hydrogen-bond donors (Lipinski definition) is 1. The molecule has 1 amide bonds. The van der Waals surface area contributed by atoms with Crippen LogP contribution in [0.2, 0.25) is 0 Å². The molecule has 1 N–H and O–H groups in total. The van der Waals surface area contributed by atoms with Crippen molar-refractivity contribution >= 4 is 11.9 Å². The summed E-state index contributed by atoms with van der Waals surface area (Å²) in [7, 11) is 2.98. The Balaban J connectivity index is 2.03. The Morgan fingerprint density at radius 2 is 1.96 bits per heavy atom. The van der Waals surface area contributed by atoms with Gasteiger partial charge in [0, 0.05) is 24.7 Å². The highest BCUT2D eigenvalue weighted by Crippen LogP contribution is 2.21. The number of carbonyl (C=O) groups excluding carboxylic acids is 2. The van der Waals surface area contributed by atoms with Gasteiger partial charge in [-0.1, -0.05) is 11.6 Å². The van der Waals surface area contributed by atoms with Crippen molar-refractivity contribution in [2.45, 2.75) is 32.4 Å². The number of rotatable bonds is 6. The number of ether oxygens (including phenoxy) is 2. The highest BCUT2D eigenvalue weighted by molar-refractivity contribution is 5.94. The normalized spacial score (nSPS) is 21.0. The van der Waals surface area contributed by atoms with E-state index in [1.54, 1.807) is 31.4 Å². The van der Waals surface area contributed by atoms with Gasteiger partial charge in [-0.05, 0) is 44.5 Å². The first kappa shape index (κ1) is 19.0. The van der Waals surface area contributed by atoms with Gasteiger partial charge < -0.3 is 14.8 Å². The molecule has 0 radical (unpaired) electrons. The topological polar surface area (TPSA) is 67.9 Å². The Morgan fingerprint density at radius 3 is 2.52 bits per heavy atom. The summed E-state index contributed by atoms with van der Waals surface area (Å²) in [6, 6.07) is 6.53. The fraction of sp³-hybridized carbons (Fsp3) is 0.474. The molecule has 0 unspecified atom stereocenters. The summed E-state index contributed by atoms with van der Waals surface area (Å²) < 4.78 is 10.0. The summed E-state index contributed by atoms with van der Waals surface area (Å²) in [5, 5.41) is 3.01. The third kappa shape index (κ3) is 4.82. The van der Waals surface area contributed by atoms with Crippen LogP contribution in [-0.2, 0) is 9.53 Å². The van der Waals surface area contributed by atoms with Crippen molar-refractivity contribution in [2.75, 3.05) is 27.3 Å². The van der Waals surface area contributed by atoms with E-state index in [2.05, 4.69) is 10.2 Å². The third-order valence-corrected chi connectivity index (χ3v) is 4.51. The van der Waals surface area contributed by atoms with E-state index in [0.29, 0.717) is 30.8 Å². The summed E-state index contributed by atoms with van der Waals surface area (Å²) in [6.45, 7) is 5.30. The Hall–Kier alpha value is -2.34. The SMILES string of the molecule is C/C=C(\C)CN1C[C@H](NC(=O)c2ccc(OC)cc2)C[C@H]1C(=O)OC. The van der Waals surface area contributed by atoms with Crippen LogP contribution >= 0.6 is 0 Å². The van der Waals surface area contributed by atoms with E-state index < -0.39 is 0 Å². The molecular weight excluding hydrogens is 320 g/mol. The quantitative estimate of drug-likeness (QED) is 0.630. The molecule has 0 aromatic heterocycles. The van der Waals surface area contributed by atoms with Crippen molar-refractivity contribution in [3.63, 3.8) is 0 Å². The van der Waals surface area contributed by atoms with Gasteiger partial charge in [-0.25, -0.2) is 0 Å². The molecule has 1 aromatic carbocycles. The minimum atomic E-state index is -0.332. The molecule has 6 nitrogen and oxygen atoms in total. The van der Waals surface area contributed by atoms with Crippen LogP contribution in [0.3, 0.4) is 0 Å². The van der Waals surface area contributed by atoms with Crippen LogP contribution in [0, 0.1) is 0 Å². The molecule has 1 heterocycles. The van der Waals surface area contributed by atoms with Gasteiger partial charge in [0.05, 0.1) is 14.2 Å². The largest absolute Gasteiger partial charge is 0.497 e. The number of likely N-dealkylation sites (tertiary alicyclic amines) is 1. The van der Waals surface area contributed by atoms with Crippen molar-refractivity contribution in [2.24, 2.45) is 0 Å². The average Bonchev–Trinajstić information content (AvgIpc) is 3.02. The van der Waals surface area contributed by atoms with Gasteiger partial charge in [-0.3, -0.25) is 14.5 Å². The van der Waals surface area contributed by atoms with Gasteiger partial charge in [0.15, 0.2) is 0 Å². The number of esters is 1. The van der Waals surface area contributed by atoms with Crippen LogP contribution in [0.4, 0.5) is 0 Å². The molecular formula is C19H26N2O4. The first-order valence-electron chi connectivity index (χ1n) is 8.37. The van der Waals surface area contributed by atoms with Gasteiger partial charge in [0.1, 0.15) is 11.8 Å². The second-order valence-electron chi connectivity index (χ2n) is 6.24. The zero-order chi connectivity index (χ0) is 18.4. The summed E-state index contributed by atoms with van der Waals surface area (Å²) >= 11 is 0. The molecule has 1 aromatic rings. The van der Waals surface area contributed by atoms with E-state index in [-0.39, 0.29) is 24.0 Å². The number of allylic oxidation sites excluding steroid dienone is 1. The molecule has 0 saturated carbocycles. The van der Waals surface area contributed by atoms with Crippen molar-refractivity contribution in [1.82, 2.24) is 10.2 Å². The van der Waals surface area contributed by atoms with Crippen molar-refractivity contribution in [3.05, 3.63) is 41.5 Å². The van der Waals surface area contributed by atoms with E-state index in [9.17, 15) is 9.59 Å². The molecule has 1 fully saturated rings. The lowest BCUT2D eigenvalue weighted by Gasteiger charge is -2.22. The standard InChI is InChI=1S/C19H26N2O4/c1-5-13(2)11-21-12-15(10-17(21)19(23)25-4)20-18(22)14-6-8-16(24-3)9-7-14/h5-9,15,17H,10-12H2,1-4H3,(H,20,22)/b13-5+/t15-,17+/m1/s1. The molecule has 1 aliphatic heterocycles. The summed E-state index contributed by atoms with van der Waals surface area (Å²) in [6.07, 6.45) is 2.57. The van der Waals surface area contributed by atoms with Crippen LogP contribution in [0.1, 0.15) is 30.6 Å². The highest BCUT2D eigenvalue weighted by Gasteiger charge is 2.38. The van der Waals surface area contributed by atoms with Crippen LogP contribution in [-0.4, -0.2) is 56.2 Å². The van der Waals surface area contributed by atoms with Crippen LogP contribution < -0.4 is 10.1 Å². The highest BCUT2D eigenvalue weighted by atomic mass is 16.5. The second kappa shape index (κ2) is 8.67. The van der Waals surface area contributed by atoms with Crippen molar-refractivity contribution in [1.29, 1.82) is 0 Å². The monoisotopic (exact) mass is 346 g/mol. The lowest BCUT2D eigenvalue weighted by molar-refractivity contribution is -0.145. The molecule has 6 heteroatoms. The van der Waals surface area contributed by atoms with Crippen LogP contribution in [0.15, 0.2) is 35.9 Å². The van der Waals surface area contributed by atoms with E-state index in [1.165, 1.54) is 12.7 Å². The molecule has 136 valence electrons. The number of methoxy groups -OCH3 is 2. The number of benzene rings is 1. The Morgan fingerprint density at radius 1 is 1.28 bits per heavy atom. The van der Waals surface area contributed by atoms with E-state index >= 15 is 0 Å². The zero-order valence-corrected chi connectivity index (χ0v) is 15.2. The van der Waals surface area contributed by atoms with Crippen LogP contribution in [0.5, 0.6) is 5.75 Å². The van der Waals surface area contributed by atoms with Gasteiger partial charge in [0.2, 0.25) is 0 Å². The number of carbonyl (C=O) groups is 2. The first-order valence-corrected chi connectivity index (χ1v) is 8.37. The van der Waals surface area contributed by atoms with E-state index in [1.807, 2.05) is 19.9 Å². The molecule has 1 aliphatic rings. The lowest BCUT2D eigenvalue weighted by atomic mass is 10.1. The van der Waals surface area contributed by atoms with E-state index in [4.69, 9.17) is 9.47 Å². The number of nitrogens with zero attached hydrogens (tertiary/aromatic N) is 1. The zero-order valence-electron chi connectivity index (χ0n) is 15.2. The minimum absolute atomic E-state index is 0.0941. The van der Waals surface area contributed by atoms with Gasteiger partial charge in [-0.2, -0.15) is 0 Å². The molecule has 25 heavy (non-hydrogen) atoms. The molecule has 1 saturated heterocycles. The average molecular weight is 346 g/mol. The van der Waals surface area contributed by atoms with Crippen molar-refractivity contribution in [3.8, 4) is 5.75 Å². The smallest absolute Gasteiger partial charge is 0.323 e. The molecule has 2 atom stereocenters. The molecule has 2 rings (SSSR count). The maximum Gasteiger partial charge on any atom is 0.323 e. The van der Waals surface area contributed by atoms with Crippen molar-refractivity contribution < 1.29 is 19.1 Å². The summed E-state index contributed by atoms with van der Waals surface area (Å²) in [4.78, 5) is 26.5. The maximum absolute atomic E-state index is 12.4. The Bertz CT molecular complexity index is 639. The second-order valence-corrected chi connectivity index (χ2v) is 6.24. The molecule has 0 bridgehead atoms. The number of hydrogen-bond acceptors (Lipinski definition) is 5. The Kier molecular flexibility index (Phi) is 6.58. The van der Waals surface area contributed by atoms with E-state index in [0.717, 1.165) is 0 Å². The van der Waals surface area contributed by atoms with Gasteiger partial charge in [0.25, 0.3) is 5.91 Å². The van der Waals surface area contributed by atoms with Gasteiger partial charge in [-0.15, -0.1) is 0 Å². The number of amides is 1. The molecule has 0 aliphatic carbocycles. The first-order chi connectivity index (χ1) is 12.0. The number of nitrogens with one attached hydrogen (secondary N) is 1. The summed E-state index contributed by atoms with van der Waals surface area (Å²) in [5.41, 5.74) is 1.74. The van der Waals surface area contributed by atoms with Crippen LogP contribution in [0.25, 0.3) is 0 Å². The molecule has 0 spiro atoms. The predicted molar refractivity (Wildman–Crippen MR) is 95.7 cm³/mol. The van der Waals surface area contributed by atoms with Gasteiger partial charge >= 0.3 is 5.97 Å². The Labute approximate surface area is 148 Å². The minimum Gasteiger partial charge on any atom is -0.497 e. The fourth-order valence-electron chi connectivity index (χ4n) is 2.99. The predicted octanol–water partition coefficient (Wildman–Crippen LogP) is 2.01. The fourth-order valence-corrected chi connectivity index (χ4v) is 2.99. The maximum atomic E-state index is 12.4. The lowest BCUT2D eigenvalue weighted by Crippen LogP contribution is -2.38. The third-order valence-electron chi connectivity index (χ3n) is 4.51. The summed E-state index contributed by atoms with van der Waals surface area (Å²) in [5.74, 6) is 0.294.